The van der Waals surface area contributed by atoms with E-state index in [0.717, 1.165) is 12.1 Å². The molecule has 154 valence electrons. The van der Waals surface area contributed by atoms with Crippen molar-refractivity contribution < 1.29 is 14.4 Å². The Morgan fingerprint density at radius 2 is 1.45 bits per heavy atom. The number of carbonyl (C=O) groups excluding carboxylic acids is 3. The summed E-state index contributed by atoms with van der Waals surface area (Å²) in [5.74, 6) is -0.416. The zero-order valence-corrected chi connectivity index (χ0v) is 17.3. The molecule has 1 unspecified atom stereocenters. The molecule has 0 bridgehead atoms. The Hall–Kier alpha value is -3.35. The molecule has 3 amide bonds. The first-order chi connectivity index (χ1) is 13.8. The van der Waals surface area contributed by atoms with Crippen molar-refractivity contribution in [3.8, 4) is 0 Å². The van der Waals surface area contributed by atoms with Gasteiger partial charge in [-0.3, -0.25) is 14.4 Å². The van der Waals surface area contributed by atoms with Crippen LogP contribution in [0.15, 0.2) is 48.5 Å². The van der Waals surface area contributed by atoms with Crippen molar-refractivity contribution in [2.75, 3.05) is 31.3 Å². The average Bonchev–Trinajstić information content (AvgIpc) is 2.72. The van der Waals surface area contributed by atoms with Gasteiger partial charge in [-0.15, -0.1) is 0 Å². The summed E-state index contributed by atoms with van der Waals surface area (Å²) < 4.78 is 0. The molecule has 29 heavy (non-hydrogen) atoms. The molecule has 0 aromatic heterocycles. The van der Waals surface area contributed by atoms with Crippen LogP contribution in [0, 0.1) is 0 Å². The molecule has 0 heterocycles. The molecule has 0 aliphatic carbocycles. The molecule has 0 aliphatic heterocycles. The van der Waals surface area contributed by atoms with Gasteiger partial charge in [0.25, 0.3) is 11.8 Å². The SMILES string of the molecule is CCC(C)NC(=O)c1ccc(NCC(=O)Nc2ccc(C(=O)N(C)C)cc2)cc1. The molecule has 2 aromatic rings. The summed E-state index contributed by atoms with van der Waals surface area (Å²) >= 11 is 0. The van der Waals surface area contributed by atoms with Crippen molar-refractivity contribution >= 4 is 29.1 Å². The second-order valence-electron chi connectivity index (χ2n) is 7.04. The van der Waals surface area contributed by atoms with E-state index >= 15 is 0 Å². The molecule has 0 aliphatic rings. The van der Waals surface area contributed by atoms with Gasteiger partial charge in [0.1, 0.15) is 0 Å². The summed E-state index contributed by atoms with van der Waals surface area (Å²) in [6, 6.07) is 13.8. The first-order valence-electron chi connectivity index (χ1n) is 9.56. The van der Waals surface area contributed by atoms with Gasteiger partial charge in [0.05, 0.1) is 6.54 Å². The monoisotopic (exact) mass is 396 g/mol. The predicted octanol–water partition coefficient (Wildman–Crippen LogP) is 2.97. The third kappa shape index (κ3) is 6.64. The number of carbonyl (C=O) groups is 3. The molecular formula is C22H28N4O3. The fraction of sp³-hybridized carbons (Fsp3) is 0.318. The smallest absolute Gasteiger partial charge is 0.253 e. The summed E-state index contributed by atoms with van der Waals surface area (Å²) in [6.07, 6.45) is 0.870. The molecule has 0 saturated carbocycles. The first kappa shape index (κ1) is 21.9. The van der Waals surface area contributed by atoms with Crippen LogP contribution in [0.3, 0.4) is 0 Å². The molecule has 3 N–H and O–H groups in total. The van der Waals surface area contributed by atoms with Gasteiger partial charge in [0.2, 0.25) is 5.91 Å². The van der Waals surface area contributed by atoms with Crippen LogP contribution in [0.1, 0.15) is 41.0 Å². The predicted molar refractivity (Wildman–Crippen MR) is 115 cm³/mol. The van der Waals surface area contributed by atoms with Gasteiger partial charge in [0.15, 0.2) is 0 Å². The molecule has 0 spiro atoms. The van der Waals surface area contributed by atoms with Crippen LogP contribution < -0.4 is 16.0 Å². The van der Waals surface area contributed by atoms with Crippen molar-refractivity contribution in [1.29, 1.82) is 0 Å². The normalized spacial score (nSPS) is 11.3. The quantitative estimate of drug-likeness (QED) is 0.640. The number of hydrogen-bond acceptors (Lipinski definition) is 4. The summed E-state index contributed by atoms with van der Waals surface area (Å²) in [6.45, 7) is 4.05. The van der Waals surface area contributed by atoms with Crippen molar-refractivity contribution in [3.05, 3.63) is 59.7 Å². The molecule has 0 fully saturated rings. The van der Waals surface area contributed by atoms with Crippen molar-refractivity contribution in [1.82, 2.24) is 10.2 Å². The molecule has 7 nitrogen and oxygen atoms in total. The molecule has 0 radical (unpaired) electrons. The first-order valence-corrected chi connectivity index (χ1v) is 9.56. The van der Waals surface area contributed by atoms with E-state index in [9.17, 15) is 14.4 Å². The number of hydrogen-bond donors (Lipinski definition) is 3. The average molecular weight is 396 g/mol. The van der Waals surface area contributed by atoms with E-state index in [1.165, 1.54) is 4.90 Å². The van der Waals surface area contributed by atoms with Crippen LogP contribution in [0.25, 0.3) is 0 Å². The second kappa shape index (κ2) is 10.3. The van der Waals surface area contributed by atoms with Crippen LogP contribution >= 0.6 is 0 Å². The summed E-state index contributed by atoms with van der Waals surface area (Å²) in [5.41, 5.74) is 2.49. The largest absolute Gasteiger partial charge is 0.376 e. The van der Waals surface area contributed by atoms with Gasteiger partial charge >= 0.3 is 0 Å². The molecule has 2 rings (SSSR count). The van der Waals surface area contributed by atoms with Gasteiger partial charge in [-0.2, -0.15) is 0 Å². The lowest BCUT2D eigenvalue weighted by molar-refractivity contribution is -0.114. The van der Waals surface area contributed by atoms with E-state index < -0.39 is 0 Å². The lowest BCUT2D eigenvalue weighted by Crippen LogP contribution is -2.31. The van der Waals surface area contributed by atoms with E-state index in [2.05, 4.69) is 16.0 Å². The molecule has 0 saturated heterocycles. The van der Waals surface area contributed by atoms with Crippen molar-refractivity contribution in [2.45, 2.75) is 26.3 Å². The fourth-order valence-electron chi connectivity index (χ4n) is 2.49. The minimum atomic E-state index is -0.213. The Morgan fingerprint density at radius 3 is 2.00 bits per heavy atom. The highest BCUT2D eigenvalue weighted by Crippen LogP contribution is 2.12. The van der Waals surface area contributed by atoms with E-state index in [4.69, 9.17) is 0 Å². The lowest BCUT2D eigenvalue weighted by Gasteiger charge is -2.12. The molecule has 1 atom stereocenters. The van der Waals surface area contributed by atoms with Crippen LogP contribution in [0.2, 0.25) is 0 Å². The molecular weight excluding hydrogens is 368 g/mol. The molecule has 2 aromatic carbocycles. The van der Waals surface area contributed by atoms with E-state index in [-0.39, 0.29) is 30.3 Å². The van der Waals surface area contributed by atoms with Gasteiger partial charge < -0.3 is 20.9 Å². The Morgan fingerprint density at radius 1 is 0.897 bits per heavy atom. The maximum atomic E-state index is 12.1. The Labute approximate surface area is 171 Å². The number of amides is 3. The number of nitrogens with one attached hydrogen (secondary N) is 3. The topological polar surface area (TPSA) is 90.5 Å². The second-order valence-corrected chi connectivity index (χ2v) is 7.04. The third-order valence-electron chi connectivity index (χ3n) is 4.41. The fourth-order valence-corrected chi connectivity index (χ4v) is 2.49. The minimum absolute atomic E-state index is 0.0802. The minimum Gasteiger partial charge on any atom is -0.376 e. The highest BCUT2D eigenvalue weighted by molar-refractivity contribution is 5.97. The van der Waals surface area contributed by atoms with Crippen molar-refractivity contribution in [2.24, 2.45) is 0 Å². The van der Waals surface area contributed by atoms with Gasteiger partial charge in [-0.05, 0) is 61.9 Å². The number of anilines is 2. The highest BCUT2D eigenvalue weighted by atomic mass is 16.2. The maximum absolute atomic E-state index is 12.1. The van der Waals surface area contributed by atoms with Crippen molar-refractivity contribution in [3.63, 3.8) is 0 Å². The standard InChI is InChI=1S/C22H28N4O3/c1-5-15(2)24-21(28)16-6-10-18(11-7-16)23-14-20(27)25-19-12-8-17(9-13-19)22(29)26(3)4/h6-13,15,23H,5,14H2,1-4H3,(H,24,28)(H,25,27). The van der Waals surface area contributed by atoms with Gasteiger partial charge in [-0.1, -0.05) is 6.92 Å². The maximum Gasteiger partial charge on any atom is 0.253 e. The number of nitrogens with zero attached hydrogens (tertiary/aromatic N) is 1. The highest BCUT2D eigenvalue weighted by Gasteiger charge is 2.10. The molecule has 7 heteroatoms. The Kier molecular flexibility index (Phi) is 7.77. The van der Waals surface area contributed by atoms with E-state index in [1.54, 1.807) is 62.6 Å². The Bertz CT molecular complexity index is 845. The van der Waals surface area contributed by atoms with Gasteiger partial charge in [0, 0.05) is 42.6 Å². The Balaban J connectivity index is 1.84. The number of benzene rings is 2. The summed E-state index contributed by atoms with van der Waals surface area (Å²) in [7, 11) is 3.38. The summed E-state index contributed by atoms with van der Waals surface area (Å²) in [5, 5.41) is 8.71. The summed E-state index contributed by atoms with van der Waals surface area (Å²) in [4.78, 5) is 37.6. The lowest BCUT2D eigenvalue weighted by atomic mass is 10.1. The van der Waals surface area contributed by atoms with Crippen LogP contribution in [-0.2, 0) is 4.79 Å². The van der Waals surface area contributed by atoms with Crippen LogP contribution in [0.5, 0.6) is 0 Å². The van der Waals surface area contributed by atoms with Gasteiger partial charge in [-0.25, -0.2) is 0 Å². The number of rotatable bonds is 8. The van der Waals surface area contributed by atoms with E-state index in [1.807, 2.05) is 13.8 Å². The van der Waals surface area contributed by atoms with Crippen LogP contribution in [0.4, 0.5) is 11.4 Å². The third-order valence-corrected chi connectivity index (χ3v) is 4.41. The van der Waals surface area contributed by atoms with Crippen LogP contribution in [-0.4, -0.2) is 49.3 Å². The zero-order valence-electron chi connectivity index (χ0n) is 17.3. The zero-order chi connectivity index (χ0) is 21.4. The van der Waals surface area contributed by atoms with E-state index in [0.29, 0.717) is 16.8 Å².